The van der Waals surface area contributed by atoms with Crippen LogP contribution in [0.15, 0.2) is 47.4 Å². The van der Waals surface area contributed by atoms with E-state index in [-0.39, 0.29) is 29.4 Å². The number of sulfone groups is 1. The highest BCUT2D eigenvalue weighted by Crippen LogP contribution is 2.31. The van der Waals surface area contributed by atoms with E-state index in [0.717, 1.165) is 41.0 Å². The molecule has 0 spiro atoms. The Balaban J connectivity index is 1.74. The monoisotopic (exact) mass is 491 g/mol. The molecule has 9 heteroatoms. The van der Waals surface area contributed by atoms with Crippen molar-refractivity contribution in [1.29, 1.82) is 0 Å². The van der Waals surface area contributed by atoms with Crippen molar-refractivity contribution in [2.75, 3.05) is 36.8 Å². The molecule has 3 rings (SSSR count). The van der Waals surface area contributed by atoms with E-state index in [1.807, 2.05) is 25.1 Å². The summed E-state index contributed by atoms with van der Waals surface area (Å²) in [6.45, 7) is 9.12. The van der Waals surface area contributed by atoms with Gasteiger partial charge in [0.05, 0.1) is 20.9 Å². The Labute approximate surface area is 199 Å². The molecule has 0 bridgehead atoms. The van der Waals surface area contributed by atoms with Gasteiger partial charge in [-0.2, -0.15) is 0 Å². The second-order valence-corrected chi connectivity index (χ2v) is 11.0. The van der Waals surface area contributed by atoms with Gasteiger partial charge in [-0.1, -0.05) is 37.3 Å². The second kappa shape index (κ2) is 11.2. The van der Waals surface area contributed by atoms with Gasteiger partial charge < -0.3 is 4.90 Å². The zero-order valence-electron chi connectivity index (χ0n) is 19.3. The highest BCUT2D eigenvalue weighted by Gasteiger charge is 2.22. The van der Waals surface area contributed by atoms with Crippen molar-refractivity contribution in [3.05, 3.63) is 53.8 Å². The second-order valence-electron chi connectivity index (χ2n) is 7.87. The van der Waals surface area contributed by atoms with E-state index >= 15 is 0 Å². The first kappa shape index (κ1) is 25.3. The van der Waals surface area contributed by atoms with E-state index in [1.54, 1.807) is 4.90 Å². The Morgan fingerprint density at radius 2 is 1.76 bits per heavy atom. The quantitative estimate of drug-likeness (QED) is 0.365. The van der Waals surface area contributed by atoms with E-state index in [1.165, 1.54) is 23.5 Å². The molecule has 0 aliphatic carbocycles. The molecule has 1 aromatic heterocycles. The van der Waals surface area contributed by atoms with Crippen LogP contribution in [0.4, 0.5) is 9.52 Å². The van der Waals surface area contributed by atoms with Gasteiger partial charge in [0, 0.05) is 19.5 Å². The third-order valence-electron chi connectivity index (χ3n) is 5.65. The fraction of sp³-hybridized carbons (Fsp3) is 0.417. The first-order valence-electron chi connectivity index (χ1n) is 11.1. The number of anilines is 1. The molecule has 178 valence electrons. The molecule has 33 heavy (non-hydrogen) atoms. The summed E-state index contributed by atoms with van der Waals surface area (Å²) in [5, 5.41) is 0.637. The Morgan fingerprint density at radius 3 is 2.39 bits per heavy atom. The van der Waals surface area contributed by atoms with E-state index < -0.39 is 15.7 Å². The molecular formula is C24H30FN3O3S2. The minimum absolute atomic E-state index is 0.0661. The van der Waals surface area contributed by atoms with Crippen molar-refractivity contribution in [2.45, 2.75) is 38.5 Å². The van der Waals surface area contributed by atoms with Crippen LogP contribution < -0.4 is 4.90 Å². The minimum Gasteiger partial charge on any atom is -0.302 e. The summed E-state index contributed by atoms with van der Waals surface area (Å²) in [7, 11) is -3.58. The van der Waals surface area contributed by atoms with Gasteiger partial charge in [0.15, 0.2) is 15.0 Å². The highest BCUT2D eigenvalue weighted by atomic mass is 32.2. The van der Waals surface area contributed by atoms with Gasteiger partial charge in [-0.05, 0) is 62.3 Å². The Kier molecular flexibility index (Phi) is 8.56. The number of fused-ring (bicyclic) bond motifs is 1. The number of halogens is 1. The van der Waals surface area contributed by atoms with E-state index in [4.69, 9.17) is 4.98 Å². The highest BCUT2D eigenvalue weighted by molar-refractivity contribution is 7.91. The number of carbonyl (C=O) groups is 1. The molecule has 0 atom stereocenters. The number of benzene rings is 2. The van der Waals surface area contributed by atoms with Crippen molar-refractivity contribution in [3.8, 4) is 0 Å². The average Bonchev–Trinajstić information content (AvgIpc) is 3.22. The fourth-order valence-electron chi connectivity index (χ4n) is 3.61. The number of hydrogen-bond donors (Lipinski definition) is 0. The average molecular weight is 492 g/mol. The molecule has 0 radical (unpaired) electrons. The van der Waals surface area contributed by atoms with Crippen LogP contribution in [0.1, 0.15) is 32.3 Å². The van der Waals surface area contributed by atoms with Crippen molar-refractivity contribution in [1.82, 2.24) is 9.88 Å². The number of aryl methyl sites for hydroxylation is 1. The molecule has 0 aliphatic heterocycles. The summed E-state index contributed by atoms with van der Waals surface area (Å²) < 4.78 is 39.2. The van der Waals surface area contributed by atoms with E-state index in [0.29, 0.717) is 18.2 Å². The van der Waals surface area contributed by atoms with Crippen LogP contribution in [-0.4, -0.2) is 56.1 Å². The molecule has 3 aromatic rings. The number of para-hydroxylation sites is 1. The maximum absolute atomic E-state index is 13.2. The molecule has 2 aromatic carbocycles. The maximum Gasteiger partial charge on any atom is 0.228 e. The van der Waals surface area contributed by atoms with Crippen molar-refractivity contribution >= 4 is 42.4 Å². The lowest BCUT2D eigenvalue weighted by atomic mass is 10.2. The summed E-state index contributed by atoms with van der Waals surface area (Å²) in [6.07, 6.45) is 0.276. The minimum atomic E-state index is -3.58. The number of aromatic nitrogens is 1. The van der Waals surface area contributed by atoms with Crippen LogP contribution in [0.2, 0.25) is 0 Å². The molecule has 6 nitrogen and oxygen atoms in total. The standard InChI is InChI=1S/C24H30FN3O3S2/c1-4-27(5-2)15-16-28(24-26-23-18(3)8-6-9-21(23)32-24)22(29)10-7-17-33(30,31)20-13-11-19(25)12-14-20/h6,8-9,11-14H,4-5,7,10,15-17H2,1-3H3. The van der Waals surface area contributed by atoms with Crippen LogP contribution in [0.25, 0.3) is 10.2 Å². The Bertz CT molecular complexity index is 1190. The number of amides is 1. The number of carbonyl (C=O) groups excluding carboxylic acids is 1. The van der Waals surface area contributed by atoms with Crippen LogP contribution >= 0.6 is 11.3 Å². The first-order valence-corrected chi connectivity index (χ1v) is 13.6. The number of thiazole rings is 1. The number of nitrogens with zero attached hydrogens (tertiary/aromatic N) is 3. The molecule has 1 heterocycles. The van der Waals surface area contributed by atoms with E-state index in [2.05, 4.69) is 18.7 Å². The predicted octanol–water partition coefficient (Wildman–Crippen LogP) is 4.67. The van der Waals surface area contributed by atoms with Gasteiger partial charge in [0.2, 0.25) is 5.91 Å². The molecule has 0 aliphatic rings. The predicted molar refractivity (Wildman–Crippen MR) is 132 cm³/mol. The van der Waals surface area contributed by atoms with Crippen LogP contribution in [-0.2, 0) is 14.6 Å². The summed E-state index contributed by atoms with van der Waals surface area (Å²) in [5.41, 5.74) is 1.94. The van der Waals surface area contributed by atoms with Crippen molar-refractivity contribution in [3.63, 3.8) is 0 Å². The van der Waals surface area contributed by atoms with E-state index in [9.17, 15) is 17.6 Å². The van der Waals surface area contributed by atoms with Crippen LogP contribution in [0.3, 0.4) is 0 Å². The van der Waals surface area contributed by atoms with Crippen LogP contribution in [0, 0.1) is 12.7 Å². The van der Waals surface area contributed by atoms with Gasteiger partial charge in [-0.3, -0.25) is 9.69 Å². The molecule has 0 N–H and O–H groups in total. The fourth-order valence-corrected chi connectivity index (χ4v) is 6.00. The number of hydrogen-bond acceptors (Lipinski definition) is 6. The Morgan fingerprint density at radius 1 is 1.06 bits per heavy atom. The van der Waals surface area contributed by atoms with Gasteiger partial charge in [0.1, 0.15) is 5.82 Å². The maximum atomic E-state index is 13.2. The third kappa shape index (κ3) is 6.37. The third-order valence-corrected chi connectivity index (χ3v) is 8.51. The molecule has 1 amide bonds. The Hall–Kier alpha value is -2.36. The lowest BCUT2D eigenvalue weighted by molar-refractivity contribution is -0.118. The molecule has 0 unspecified atom stereocenters. The molecular weight excluding hydrogens is 461 g/mol. The molecule has 0 saturated heterocycles. The number of rotatable bonds is 11. The normalized spacial score (nSPS) is 11.9. The number of likely N-dealkylation sites (N-methyl/N-ethyl adjacent to an activating group) is 1. The summed E-state index contributed by atoms with van der Waals surface area (Å²) in [5.74, 6) is -0.806. The zero-order chi connectivity index (χ0) is 24.0. The molecule has 0 saturated carbocycles. The molecule has 0 fully saturated rings. The lowest BCUT2D eigenvalue weighted by Crippen LogP contribution is -2.38. The van der Waals surface area contributed by atoms with Crippen molar-refractivity contribution < 1.29 is 17.6 Å². The lowest BCUT2D eigenvalue weighted by Gasteiger charge is -2.24. The SMILES string of the molecule is CCN(CC)CCN(C(=O)CCCS(=O)(=O)c1ccc(F)cc1)c1nc2c(C)cccc2s1. The van der Waals surface area contributed by atoms with Gasteiger partial charge in [0.25, 0.3) is 0 Å². The van der Waals surface area contributed by atoms with Gasteiger partial charge in [-0.15, -0.1) is 0 Å². The first-order chi connectivity index (χ1) is 15.7. The summed E-state index contributed by atoms with van der Waals surface area (Å²) in [6, 6.07) is 10.7. The van der Waals surface area contributed by atoms with Crippen LogP contribution in [0.5, 0.6) is 0 Å². The van der Waals surface area contributed by atoms with Crippen molar-refractivity contribution in [2.24, 2.45) is 0 Å². The largest absolute Gasteiger partial charge is 0.302 e. The summed E-state index contributed by atoms with van der Waals surface area (Å²) >= 11 is 1.47. The topological polar surface area (TPSA) is 70.6 Å². The van der Waals surface area contributed by atoms with Gasteiger partial charge >= 0.3 is 0 Å². The zero-order valence-corrected chi connectivity index (χ0v) is 20.9. The summed E-state index contributed by atoms with van der Waals surface area (Å²) in [4.78, 5) is 21.9. The van der Waals surface area contributed by atoms with Gasteiger partial charge in [-0.25, -0.2) is 17.8 Å². The smallest absolute Gasteiger partial charge is 0.228 e.